The number of furan rings is 1. The minimum Gasteiger partial charge on any atom is -0.469 e. The molecular formula is C21H20FNO2. The summed E-state index contributed by atoms with van der Waals surface area (Å²) in [7, 11) is 1.78. The summed E-state index contributed by atoms with van der Waals surface area (Å²) in [4.78, 5) is 14.4. The molecule has 1 amide bonds. The van der Waals surface area contributed by atoms with Gasteiger partial charge in [-0.1, -0.05) is 42.5 Å². The minimum absolute atomic E-state index is 0.00887. The summed E-state index contributed by atoms with van der Waals surface area (Å²) in [6.07, 6.45) is 2.52. The van der Waals surface area contributed by atoms with Gasteiger partial charge < -0.3 is 9.32 Å². The normalized spacial score (nSPS) is 11.9. The highest BCUT2D eigenvalue weighted by molar-refractivity contribution is 5.77. The minimum atomic E-state index is -0.289. The molecule has 0 bridgehead atoms. The first-order chi connectivity index (χ1) is 12.1. The van der Waals surface area contributed by atoms with Crippen molar-refractivity contribution < 1.29 is 13.6 Å². The molecule has 0 aliphatic heterocycles. The van der Waals surface area contributed by atoms with Gasteiger partial charge in [0.25, 0.3) is 0 Å². The highest BCUT2D eigenvalue weighted by Gasteiger charge is 2.23. The summed E-state index contributed by atoms with van der Waals surface area (Å²) < 4.78 is 18.6. The first kappa shape index (κ1) is 17.0. The quantitative estimate of drug-likeness (QED) is 0.659. The largest absolute Gasteiger partial charge is 0.469 e. The second kappa shape index (κ2) is 7.79. The van der Waals surface area contributed by atoms with Crippen molar-refractivity contribution in [3.05, 3.63) is 95.7 Å². The van der Waals surface area contributed by atoms with Crippen molar-refractivity contribution in [3.8, 4) is 0 Å². The van der Waals surface area contributed by atoms with Gasteiger partial charge in [-0.15, -0.1) is 0 Å². The SMILES string of the molecule is CN(C(=O)CCc1ccco1)C(c1ccccc1)c1ccc(F)cc1. The topological polar surface area (TPSA) is 33.5 Å². The Morgan fingerprint density at radius 3 is 2.32 bits per heavy atom. The van der Waals surface area contributed by atoms with Gasteiger partial charge in [0.05, 0.1) is 12.3 Å². The van der Waals surface area contributed by atoms with Crippen molar-refractivity contribution in [1.82, 2.24) is 4.90 Å². The van der Waals surface area contributed by atoms with Gasteiger partial charge in [0.15, 0.2) is 0 Å². The van der Waals surface area contributed by atoms with E-state index in [2.05, 4.69) is 0 Å². The standard InChI is InChI=1S/C21H20FNO2/c1-23(20(24)14-13-19-8-5-15-25-19)21(16-6-3-2-4-7-16)17-9-11-18(22)12-10-17/h2-12,15,21H,13-14H2,1H3. The van der Waals surface area contributed by atoms with Crippen LogP contribution in [0, 0.1) is 5.82 Å². The maximum Gasteiger partial charge on any atom is 0.223 e. The number of carbonyl (C=O) groups excluding carboxylic acids is 1. The van der Waals surface area contributed by atoms with Gasteiger partial charge in [0.1, 0.15) is 11.6 Å². The number of hydrogen-bond acceptors (Lipinski definition) is 2. The lowest BCUT2D eigenvalue weighted by Crippen LogP contribution is -2.32. The van der Waals surface area contributed by atoms with E-state index in [-0.39, 0.29) is 17.8 Å². The molecule has 1 unspecified atom stereocenters. The summed E-state index contributed by atoms with van der Waals surface area (Å²) in [5.41, 5.74) is 1.87. The van der Waals surface area contributed by atoms with E-state index >= 15 is 0 Å². The lowest BCUT2D eigenvalue weighted by Gasteiger charge is -2.29. The van der Waals surface area contributed by atoms with Crippen LogP contribution < -0.4 is 0 Å². The van der Waals surface area contributed by atoms with E-state index in [1.807, 2.05) is 42.5 Å². The van der Waals surface area contributed by atoms with Crippen molar-refractivity contribution >= 4 is 5.91 Å². The van der Waals surface area contributed by atoms with Crippen molar-refractivity contribution in [1.29, 1.82) is 0 Å². The molecule has 1 aromatic heterocycles. The van der Waals surface area contributed by atoms with Gasteiger partial charge in [-0.05, 0) is 35.4 Å². The van der Waals surface area contributed by atoms with Crippen LogP contribution in [0.2, 0.25) is 0 Å². The molecule has 0 N–H and O–H groups in total. The smallest absolute Gasteiger partial charge is 0.223 e. The summed E-state index contributed by atoms with van der Waals surface area (Å²) in [6.45, 7) is 0. The predicted octanol–water partition coefficient (Wildman–Crippen LogP) is 4.60. The maximum atomic E-state index is 13.3. The molecule has 2 aromatic carbocycles. The fraction of sp³-hybridized carbons (Fsp3) is 0.190. The van der Waals surface area contributed by atoms with Crippen LogP contribution in [0.15, 0.2) is 77.4 Å². The third-order valence-electron chi connectivity index (χ3n) is 4.25. The Bertz CT molecular complexity index is 798. The number of carbonyl (C=O) groups is 1. The molecule has 3 rings (SSSR count). The molecule has 3 nitrogen and oxygen atoms in total. The Morgan fingerprint density at radius 1 is 1.00 bits per heavy atom. The van der Waals surface area contributed by atoms with Crippen LogP contribution in [0.4, 0.5) is 4.39 Å². The first-order valence-electron chi connectivity index (χ1n) is 8.23. The van der Waals surface area contributed by atoms with Crippen LogP contribution in [-0.4, -0.2) is 17.9 Å². The zero-order valence-electron chi connectivity index (χ0n) is 14.1. The van der Waals surface area contributed by atoms with E-state index < -0.39 is 0 Å². The zero-order valence-corrected chi connectivity index (χ0v) is 14.1. The zero-order chi connectivity index (χ0) is 17.6. The van der Waals surface area contributed by atoms with Gasteiger partial charge in [0.2, 0.25) is 5.91 Å². The lowest BCUT2D eigenvalue weighted by atomic mass is 9.97. The third kappa shape index (κ3) is 4.15. The highest BCUT2D eigenvalue weighted by atomic mass is 19.1. The Labute approximate surface area is 146 Å². The van der Waals surface area contributed by atoms with Crippen LogP contribution in [0.1, 0.15) is 29.3 Å². The summed E-state index contributed by atoms with van der Waals surface area (Å²) in [6, 6.07) is 19.5. The van der Waals surface area contributed by atoms with E-state index in [0.29, 0.717) is 12.8 Å². The molecule has 0 aliphatic rings. The van der Waals surface area contributed by atoms with E-state index in [1.165, 1.54) is 12.1 Å². The monoisotopic (exact) mass is 337 g/mol. The second-order valence-electron chi connectivity index (χ2n) is 5.95. The summed E-state index contributed by atoms with van der Waals surface area (Å²) in [5.74, 6) is 0.511. The Morgan fingerprint density at radius 2 is 1.68 bits per heavy atom. The number of rotatable bonds is 6. The molecule has 0 radical (unpaired) electrons. The molecule has 3 aromatic rings. The Hall–Kier alpha value is -2.88. The predicted molar refractivity (Wildman–Crippen MR) is 94.5 cm³/mol. The van der Waals surface area contributed by atoms with Gasteiger partial charge in [-0.2, -0.15) is 0 Å². The van der Waals surface area contributed by atoms with E-state index in [4.69, 9.17) is 4.42 Å². The van der Waals surface area contributed by atoms with Crippen LogP contribution in [-0.2, 0) is 11.2 Å². The van der Waals surface area contributed by atoms with Crippen molar-refractivity contribution in [2.45, 2.75) is 18.9 Å². The van der Waals surface area contributed by atoms with Crippen molar-refractivity contribution in [2.75, 3.05) is 7.05 Å². The molecule has 128 valence electrons. The fourth-order valence-electron chi connectivity index (χ4n) is 2.93. The van der Waals surface area contributed by atoms with E-state index in [9.17, 15) is 9.18 Å². The average molecular weight is 337 g/mol. The Kier molecular flexibility index (Phi) is 5.29. The Balaban J connectivity index is 1.83. The summed E-state index contributed by atoms with van der Waals surface area (Å²) in [5, 5.41) is 0. The second-order valence-corrected chi connectivity index (χ2v) is 5.95. The molecule has 25 heavy (non-hydrogen) atoms. The molecular weight excluding hydrogens is 317 g/mol. The van der Waals surface area contributed by atoms with Gasteiger partial charge in [0, 0.05) is 19.9 Å². The van der Waals surface area contributed by atoms with Crippen molar-refractivity contribution in [3.63, 3.8) is 0 Å². The van der Waals surface area contributed by atoms with Gasteiger partial charge >= 0.3 is 0 Å². The van der Waals surface area contributed by atoms with Crippen LogP contribution >= 0.6 is 0 Å². The molecule has 0 spiro atoms. The lowest BCUT2D eigenvalue weighted by molar-refractivity contribution is -0.131. The first-order valence-corrected chi connectivity index (χ1v) is 8.23. The van der Waals surface area contributed by atoms with Crippen molar-refractivity contribution in [2.24, 2.45) is 0 Å². The average Bonchev–Trinajstić information content (AvgIpc) is 3.16. The molecule has 0 fully saturated rings. The summed E-state index contributed by atoms with van der Waals surface area (Å²) >= 11 is 0. The highest BCUT2D eigenvalue weighted by Crippen LogP contribution is 2.28. The van der Waals surface area contributed by atoms with Crippen LogP contribution in [0.25, 0.3) is 0 Å². The van der Waals surface area contributed by atoms with Crippen LogP contribution in [0.5, 0.6) is 0 Å². The number of hydrogen-bond donors (Lipinski definition) is 0. The van der Waals surface area contributed by atoms with E-state index in [1.54, 1.807) is 30.3 Å². The molecule has 1 heterocycles. The van der Waals surface area contributed by atoms with Gasteiger partial charge in [-0.25, -0.2) is 4.39 Å². The number of amides is 1. The number of halogens is 1. The molecule has 1 atom stereocenters. The van der Waals surface area contributed by atoms with Gasteiger partial charge in [-0.3, -0.25) is 4.79 Å². The number of benzene rings is 2. The fourth-order valence-corrected chi connectivity index (χ4v) is 2.93. The molecule has 0 saturated heterocycles. The van der Waals surface area contributed by atoms with Crippen LogP contribution in [0.3, 0.4) is 0 Å². The third-order valence-corrected chi connectivity index (χ3v) is 4.25. The maximum absolute atomic E-state index is 13.3. The molecule has 4 heteroatoms. The number of aryl methyl sites for hydroxylation is 1. The molecule has 0 aliphatic carbocycles. The van der Waals surface area contributed by atoms with E-state index in [0.717, 1.165) is 16.9 Å². The number of nitrogens with zero attached hydrogens (tertiary/aromatic N) is 1. The molecule has 0 saturated carbocycles.